The maximum absolute atomic E-state index is 12.9. The fourth-order valence-electron chi connectivity index (χ4n) is 3.34. The first-order valence-corrected chi connectivity index (χ1v) is 10.4. The molecule has 0 fully saturated rings. The van der Waals surface area contributed by atoms with Gasteiger partial charge in [0.05, 0.1) is 5.39 Å². The van der Waals surface area contributed by atoms with Crippen molar-refractivity contribution >= 4 is 44.8 Å². The first-order valence-electron chi connectivity index (χ1n) is 8.87. The molecule has 3 nitrogen and oxygen atoms in total. The molecule has 0 atom stereocenters. The van der Waals surface area contributed by atoms with Crippen LogP contribution in [0.15, 0.2) is 41.2 Å². The third-order valence-corrected chi connectivity index (χ3v) is 6.54. The van der Waals surface area contributed by atoms with Crippen molar-refractivity contribution in [3.8, 4) is 11.1 Å². The first kappa shape index (κ1) is 19.2. The van der Waals surface area contributed by atoms with Gasteiger partial charge >= 0.3 is 0 Å². The van der Waals surface area contributed by atoms with Gasteiger partial charge in [0, 0.05) is 26.9 Å². The smallest absolute Gasteiger partial charge is 0.260 e. The Labute approximate surface area is 177 Å². The predicted octanol–water partition coefficient (Wildman–Crippen LogP) is 6.47. The van der Waals surface area contributed by atoms with E-state index in [9.17, 15) is 4.79 Å². The molecular weight excluding hydrogens is 411 g/mol. The molecule has 0 saturated carbocycles. The van der Waals surface area contributed by atoms with Gasteiger partial charge in [-0.2, -0.15) is 0 Å². The number of aromatic nitrogens is 2. The van der Waals surface area contributed by atoms with E-state index in [0.717, 1.165) is 26.4 Å². The van der Waals surface area contributed by atoms with Gasteiger partial charge in [0.15, 0.2) is 0 Å². The summed E-state index contributed by atoms with van der Waals surface area (Å²) in [5.41, 5.74) is 5.20. The van der Waals surface area contributed by atoms with Gasteiger partial charge in [-0.3, -0.25) is 4.79 Å². The number of fused-ring (bicyclic) bond motifs is 1. The molecular formula is C22H18Cl2N2OS. The fourth-order valence-corrected chi connectivity index (χ4v) is 4.88. The second-order valence-corrected chi connectivity index (χ2v) is 8.98. The van der Waals surface area contributed by atoms with Crippen LogP contribution in [-0.2, 0) is 6.42 Å². The minimum absolute atomic E-state index is 0.123. The lowest BCUT2D eigenvalue weighted by molar-refractivity contribution is 0.977. The molecule has 142 valence electrons. The van der Waals surface area contributed by atoms with Crippen molar-refractivity contribution in [2.45, 2.75) is 27.2 Å². The summed E-state index contributed by atoms with van der Waals surface area (Å²) >= 11 is 13.8. The van der Waals surface area contributed by atoms with Crippen LogP contribution in [0.3, 0.4) is 0 Å². The Bertz CT molecular complexity index is 1270. The molecule has 1 N–H and O–H groups in total. The fraction of sp³-hybridized carbons (Fsp3) is 0.182. The molecule has 0 unspecified atom stereocenters. The van der Waals surface area contributed by atoms with E-state index in [-0.39, 0.29) is 5.56 Å². The van der Waals surface area contributed by atoms with E-state index in [1.807, 2.05) is 13.0 Å². The molecule has 0 radical (unpaired) electrons. The SMILES string of the molecule is Cc1ccc(-c2c(C)sc3nc(Cc4ccc(Cl)cc4Cl)[nH]c(=O)c23)cc1C. The van der Waals surface area contributed by atoms with Crippen molar-refractivity contribution in [1.29, 1.82) is 0 Å². The number of H-pyrrole nitrogens is 1. The number of hydrogen-bond acceptors (Lipinski definition) is 3. The minimum atomic E-state index is -0.123. The monoisotopic (exact) mass is 428 g/mol. The van der Waals surface area contributed by atoms with Crippen LogP contribution in [0.1, 0.15) is 27.4 Å². The van der Waals surface area contributed by atoms with Crippen LogP contribution >= 0.6 is 34.5 Å². The Morgan fingerprint density at radius 2 is 1.82 bits per heavy atom. The van der Waals surface area contributed by atoms with Gasteiger partial charge in [0.2, 0.25) is 0 Å². The van der Waals surface area contributed by atoms with Crippen molar-refractivity contribution in [3.05, 3.63) is 84.2 Å². The van der Waals surface area contributed by atoms with Crippen molar-refractivity contribution in [2.75, 3.05) is 0 Å². The number of aryl methyl sites for hydroxylation is 3. The summed E-state index contributed by atoms with van der Waals surface area (Å²) in [6.45, 7) is 6.20. The molecule has 0 aliphatic rings. The molecule has 0 bridgehead atoms. The van der Waals surface area contributed by atoms with Crippen LogP contribution in [0.25, 0.3) is 21.3 Å². The molecule has 4 rings (SSSR count). The lowest BCUT2D eigenvalue weighted by Gasteiger charge is -2.07. The van der Waals surface area contributed by atoms with Gasteiger partial charge < -0.3 is 4.98 Å². The van der Waals surface area contributed by atoms with Gasteiger partial charge in [-0.15, -0.1) is 11.3 Å². The van der Waals surface area contributed by atoms with Gasteiger partial charge in [0.25, 0.3) is 5.56 Å². The number of thiophene rings is 1. The Hall–Kier alpha value is -2.14. The second kappa shape index (κ2) is 7.36. The number of nitrogens with zero attached hydrogens (tertiary/aromatic N) is 1. The Kier molecular flexibility index (Phi) is 5.04. The largest absolute Gasteiger partial charge is 0.310 e. The number of benzene rings is 2. The van der Waals surface area contributed by atoms with Crippen molar-refractivity contribution in [1.82, 2.24) is 9.97 Å². The first-order chi connectivity index (χ1) is 13.3. The second-order valence-electron chi connectivity index (χ2n) is 6.94. The van der Waals surface area contributed by atoms with Gasteiger partial charge in [-0.05, 0) is 55.2 Å². The highest BCUT2D eigenvalue weighted by molar-refractivity contribution is 7.19. The molecule has 0 saturated heterocycles. The molecule has 2 heterocycles. The minimum Gasteiger partial charge on any atom is -0.310 e. The number of rotatable bonds is 3. The molecule has 0 amide bonds. The third-order valence-electron chi connectivity index (χ3n) is 4.96. The van der Waals surface area contributed by atoms with E-state index < -0.39 is 0 Å². The van der Waals surface area contributed by atoms with Crippen molar-refractivity contribution < 1.29 is 0 Å². The predicted molar refractivity (Wildman–Crippen MR) is 119 cm³/mol. The molecule has 2 aromatic heterocycles. The average Bonchev–Trinajstić information content (AvgIpc) is 2.96. The lowest BCUT2D eigenvalue weighted by Crippen LogP contribution is -2.12. The van der Waals surface area contributed by atoms with Crippen molar-refractivity contribution in [3.63, 3.8) is 0 Å². The van der Waals surface area contributed by atoms with Crippen LogP contribution in [0.2, 0.25) is 10.0 Å². The molecule has 28 heavy (non-hydrogen) atoms. The van der Waals surface area contributed by atoms with E-state index in [4.69, 9.17) is 28.2 Å². The topological polar surface area (TPSA) is 45.8 Å². The summed E-state index contributed by atoms with van der Waals surface area (Å²) in [6, 6.07) is 11.6. The summed E-state index contributed by atoms with van der Waals surface area (Å²) < 4.78 is 0. The molecule has 0 aliphatic heterocycles. The third kappa shape index (κ3) is 3.48. The van der Waals surface area contributed by atoms with Crippen LogP contribution in [-0.4, -0.2) is 9.97 Å². The molecule has 0 aliphatic carbocycles. The Morgan fingerprint density at radius 3 is 2.54 bits per heavy atom. The van der Waals surface area contributed by atoms with Gasteiger partial charge in [-0.25, -0.2) is 4.98 Å². The average molecular weight is 429 g/mol. The number of halogens is 2. The summed E-state index contributed by atoms with van der Waals surface area (Å²) in [5.74, 6) is 0.592. The summed E-state index contributed by atoms with van der Waals surface area (Å²) in [5, 5.41) is 1.79. The Morgan fingerprint density at radius 1 is 1.04 bits per heavy atom. The normalized spacial score (nSPS) is 11.3. The number of nitrogens with one attached hydrogen (secondary N) is 1. The van der Waals surface area contributed by atoms with E-state index in [1.165, 1.54) is 11.1 Å². The molecule has 0 spiro atoms. The summed E-state index contributed by atoms with van der Waals surface area (Å²) in [7, 11) is 0. The highest BCUT2D eigenvalue weighted by Gasteiger charge is 2.17. The maximum atomic E-state index is 12.9. The zero-order chi connectivity index (χ0) is 20.0. The van der Waals surface area contributed by atoms with E-state index in [0.29, 0.717) is 27.7 Å². The summed E-state index contributed by atoms with van der Waals surface area (Å²) in [6.07, 6.45) is 0.442. The zero-order valence-electron chi connectivity index (χ0n) is 15.7. The number of aromatic amines is 1. The molecule has 4 aromatic rings. The van der Waals surface area contributed by atoms with E-state index >= 15 is 0 Å². The van der Waals surface area contributed by atoms with Gasteiger partial charge in [0.1, 0.15) is 10.7 Å². The lowest BCUT2D eigenvalue weighted by atomic mass is 9.99. The van der Waals surface area contributed by atoms with Crippen molar-refractivity contribution in [2.24, 2.45) is 0 Å². The van der Waals surface area contributed by atoms with E-state index in [2.05, 4.69) is 37.0 Å². The van der Waals surface area contributed by atoms with Gasteiger partial charge in [-0.1, -0.05) is 47.5 Å². The van der Waals surface area contributed by atoms with Crippen LogP contribution in [0, 0.1) is 20.8 Å². The van der Waals surface area contributed by atoms with Crippen LogP contribution in [0.5, 0.6) is 0 Å². The zero-order valence-corrected chi connectivity index (χ0v) is 18.0. The highest BCUT2D eigenvalue weighted by Crippen LogP contribution is 2.36. The number of hydrogen-bond donors (Lipinski definition) is 1. The Balaban J connectivity index is 1.82. The molecule has 2 aromatic carbocycles. The quantitative estimate of drug-likeness (QED) is 0.405. The summed E-state index contributed by atoms with van der Waals surface area (Å²) in [4.78, 5) is 22.4. The molecule has 6 heteroatoms. The van der Waals surface area contributed by atoms with Crippen LogP contribution in [0.4, 0.5) is 0 Å². The van der Waals surface area contributed by atoms with E-state index in [1.54, 1.807) is 23.5 Å². The van der Waals surface area contributed by atoms with Crippen LogP contribution < -0.4 is 5.56 Å². The maximum Gasteiger partial charge on any atom is 0.260 e. The highest BCUT2D eigenvalue weighted by atomic mass is 35.5. The standard InChI is InChI=1S/C22H18Cl2N2OS/c1-11-4-5-15(8-12(11)2)19-13(3)28-22-20(19)21(27)25-18(26-22)9-14-6-7-16(23)10-17(14)24/h4-8,10H,9H2,1-3H3,(H,25,26,27).